The third-order valence-corrected chi connectivity index (χ3v) is 4.49. The number of aliphatic hydroxyl groups is 7. The number of ether oxygens (including phenoxy) is 3. The van der Waals surface area contributed by atoms with Crippen LogP contribution in [0.25, 0.3) is 0 Å². The molecular weight excluding hydrogens is 372 g/mol. The van der Waals surface area contributed by atoms with E-state index < -0.39 is 87.0 Å². The Balaban J connectivity index is 2.11. The van der Waals surface area contributed by atoms with Crippen molar-refractivity contribution >= 4 is 5.91 Å². The first kappa shape index (κ1) is 22.3. The van der Waals surface area contributed by atoms with Gasteiger partial charge in [-0.15, -0.1) is 0 Å². The zero-order valence-electron chi connectivity index (χ0n) is 14.2. The first-order valence-electron chi connectivity index (χ1n) is 8.33. The minimum atomic E-state index is -1.75. The minimum absolute atomic E-state index is 0.392. The maximum absolute atomic E-state index is 11.4. The lowest BCUT2D eigenvalue weighted by Crippen LogP contribution is -2.66. The number of nitrogens with one attached hydrogen (secondary N) is 1. The number of carbonyl (C=O) groups is 1. The molecule has 2 saturated heterocycles. The highest BCUT2D eigenvalue weighted by Gasteiger charge is 2.50. The molecule has 13 heteroatoms. The highest BCUT2D eigenvalue weighted by Crippen LogP contribution is 2.28. The van der Waals surface area contributed by atoms with Crippen molar-refractivity contribution in [3.8, 4) is 0 Å². The SMILES string of the molecule is NCC(=O)NC1O[C@H](CO)[C@@H](O[C@@H]2O[C@H](CO)[C@H](O)[C@H](O)[C@H]2O)[C@H](O)[C@H]1O. The standard InChI is InChI=1S/C14H26N2O11/c15-1-6(19)16-13-10(23)9(22)12(5(3-18)25-13)27-14-11(24)8(21)7(20)4(2-17)26-14/h4-5,7-14,17-18,20-24H,1-3,15H2,(H,16,19)/t4-,5-,7+,8+,9-,10-,11-,12-,13?,14+/m1/s1. The number of amides is 1. The average Bonchev–Trinajstić information content (AvgIpc) is 2.67. The molecule has 13 nitrogen and oxygen atoms in total. The lowest BCUT2D eigenvalue weighted by molar-refractivity contribution is -0.343. The van der Waals surface area contributed by atoms with Gasteiger partial charge in [0.2, 0.25) is 5.91 Å². The molecule has 2 rings (SSSR count). The fourth-order valence-corrected chi connectivity index (χ4v) is 2.93. The van der Waals surface area contributed by atoms with Crippen molar-refractivity contribution in [2.24, 2.45) is 5.73 Å². The van der Waals surface area contributed by atoms with Crippen LogP contribution in [-0.2, 0) is 19.0 Å². The molecular formula is C14H26N2O11. The van der Waals surface area contributed by atoms with Gasteiger partial charge < -0.3 is 61.0 Å². The first-order chi connectivity index (χ1) is 12.7. The normalized spacial score (nSPS) is 45.5. The molecule has 2 heterocycles. The van der Waals surface area contributed by atoms with Crippen LogP contribution in [0.4, 0.5) is 0 Å². The number of hydrogen-bond acceptors (Lipinski definition) is 12. The topological polar surface area (TPSA) is 224 Å². The molecule has 0 aromatic heterocycles. The predicted molar refractivity (Wildman–Crippen MR) is 83.6 cm³/mol. The average molecular weight is 398 g/mol. The van der Waals surface area contributed by atoms with Gasteiger partial charge in [-0.05, 0) is 0 Å². The summed E-state index contributed by atoms with van der Waals surface area (Å²) in [6, 6.07) is 0. The maximum Gasteiger partial charge on any atom is 0.235 e. The van der Waals surface area contributed by atoms with E-state index in [4.69, 9.17) is 19.9 Å². The van der Waals surface area contributed by atoms with E-state index in [9.17, 15) is 40.5 Å². The van der Waals surface area contributed by atoms with E-state index in [1.807, 2.05) is 0 Å². The van der Waals surface area contributed by atoms with Crippen LogP contribution < -0.4 is 11.1 Å². The van der Waals surface area contributed by atoms with Gasteiger partial charge in [0, 0.05) is 0 Å². The highest BCUT2D eigenvalue weighted by molar-refractivity contribution is 5.78. The van der Waals surface area contributed by atoms with Crippen LogP contribution in [0.2, 0.25) is 0 Å². The number of nitrogens with two attached hydrogens (primary N) is 1. The molecule has 0 bridgehead atoms. The summed E-state index contributed by atoms with van der Waals surface area (Å²) >= 11 is 0. The molecule has 0 aliphatic carbocycles. The second kappa shape index (κ2) is 9.49. The minimum Gasteiger partial charge on any atom is -0.394 e. The van der Waals surface area contributed by atoms with E-state index in [0.29, 0.717) is 0 Å². The summed E-state index contributed by atoms with van der Waals surface area (Å²) in [5.74, 6) is -0.670. The Morgan fingerprint density at radius 3 is 2.07 bits per heavy atom. The second-order valence-corrected chi connectivity index (χ2v) is 6.33. The van der Waals surface area contributed by atoms with Crippen molar-refractivity contribution in [2.75, 3.05) is 19.8 Å². The van der Waals surface area contributed by atoms with E-state index in [1.54, 1.807) is 0 Å². The summed E-state index contributed by atoms with van der Waals surface area (Å²) in [5.41, 5.74) is 5.16. The Labute approximate surface area is 153 Å². The molecule has 2 fully saturated rings. The fraction of sp³-hybridized carbons (Fsp3) is 0.929. The number of hydrogen-bond donors (Lipinski definition) is 9. The van der Waals surface area contributed by atoms with E-state index in [-0.39, 0.29) is 0 Å². The Hall–Kier alpha value is -0.970. The molecule has 2 aliphatic heterocycles. The summed E-state index contributed by atoms with van der Waals surface area (Å²) in [4.78, 5) is 11.4. The van der Waals surface area contributed by atoms with E-state index in [2.05, 4.69) is 5.32 Å². The molecule has 0 saturated carbocycles. The molecule has 10 atom stereocenters. The monoisotopic (exact) mass is 398 g/mol. The Morgan fingerprint density at radius 2 is 1.52 bits per heavy atom. The van der Waals surface area contributed by atoms with E-state index in [1.165, 1.54) is 0 Å². The lowest BCUT2D eigenvalue weighted by Gasteiger charge is -2.46. The molecule has 0 spiro atoms. The molecule has 2 aliphatic rings. The molecule has 158 valence electrons. The van der Waals surface area contributed by atoms with Crippen LogP contribution >= 0.6 is 0 Å². The van der Waals surface area contributed by atoms with E-state index >= 15 is 0 Å². The van der Waals surface area contributed by atoms with Crippen molar-refractivity contribution in [1.82, 2.24) is 5.32 Å². The predicted octanol–water partition coefficient (Wildman–Crippen LogP) is -6.31. The smallest absolute Gasteiger partial charge is 0.235 e. The maximum atomic E-state index is 11.4. The van der Waals surface area contributed by atoms with Gasteiger partial charge in [0.25, 0.3) is 0 Å². The lowest BCUT2D eigenvalue weighted by atomic mass is 9.96. The highest BCUT2D eigenvalue weighted by atomic mass is 16.7. The molecule has 0 radical (unpaired) electrons. The van der Waals surface area contributed by atoms with Gasteiger partial charge in [-0.25, -0.2) is 0 Å². The number of rotatable bonds is 6. The largest absolute Gasteiger partial charge is 0.394 e. The van der Waals surface area contributed by atoms with Gasteiger partial charge in [0.1, 0.15) is 48.8 Å². The molecule has 0 aromatic carbocycles. The van der Waals surface area contributed by atoms with Crippen LogP contribution in [0.3, 0.4) is 0 Å². The summed E-state index contributed by atoms with van der Waals surface area (Å²) < 4.78 is 15.9. The van der Waals surface area contributed by atoms with Gasteiger partial charge >= 0.3 is 0 Å². The molecule has 1 unspecified atom stereocenters. The Kier molecular flexibility index (Phi) is 7.84. The van der Waals surface area contributed by atoms with Gasteiger partial charge in [-0.1, -0.05) is 0 Å². The molecule has 0 aromatic rings. The van der Waals surface area contributed by atoms with Crippen LogP contribution in [0.1, 0.15) is 0 Å². The van der Waals surface area contributed by atoms with Crippen molar-refractivity contribution in [2.45, 2.75) is 61.3 Å². The Bertz CT molecular complexity index is 494. The summed E-state index contributed by atoms with van der Waals surface area (Å²) in [7, 11) is 0. The summed E-state index contributed by atoms with van der Waals surface area (Å²) in [5, 5.41) is 70.9. The van der Waals surface area contributed by atoms with Crippen molar-refractivity contribution < 1.29 is 54.8 Å². The van der Waals surface area contributed by atoms with Crippen molar-refractivity contribution in [3.63, 3.8) is 0 Å². The fourth-order valence-electron chi connectivity index (χ4n) is 2.93. The molecule has 27 heavy (non-hydrogen) atoms. The first-order valence-corrected chi connectivity index (χ1v) is 8.33. The Morgan fingerprint density at radius 1 is 0.889 bits per heavy atom. The zero-order valence-corrected chi connectivity index (χ0v) is 14.2. The van der Waals surface area contributed by atoms with E-state index in [0.717, 1.165) is 0 Å². The van der Waals surface area contributed by atoms with Gasteiger partial charge in [-0.2, -0.15) is 0 Å². The number of carbonyl (C=O) groups excluding carboxylic acids is 1. The molecule has 1 amide bonds. The van der Waals surface area contributed by atoms with Crippen LogP contribution in [0.15, 0.2) is 0 Å². The third kappa shape index (κ3) is 4.72. The van der Waals surface area contributed by atoms with Crippen LogP contribution in [0, 0.1) is 0 Å². The second-order valence-electron chi connectivity index (χ2n) is 6.33. The van der Waals surface area contributed by atoms with Gasteiger partial charge in [-0.3, -0.25) is 4.79 Å². The number of aliphatic hydroxyl groups excluding tert-OH is 7. The van der Waals surface area contributed by atoms with Crippen LogP contribution in [-0.4, -0.2) is 123 Å². The third-order valence-electron chi connectivity index (χ3n) is 4.49. The van der Waals surface area contributed by atoms with Gasteiger partial charge in [0.05, 0.1) is 19.8 Å². The van der Waals surface area contributed by atoms with Crippen LogP contribution in [0.5, 0.6) is 0 Å². The van der Waals surface area contributed by atoms with Gasteiger partial charge in [0.15, 0.2) is 12.5 Å². The zero-order chi connectivity index (χ0) is 20.3. The quantitative estimate of drug-likeness (QED) is 0.204. The summed E-state index contributed by atoms with van der Waals surface area (Å²) in [6.07, 6.45) is -15.3. The van der Waals surface area contributed by atoms with Crippen molar-refractivity contribution in [3.05, 3.63) is 0 Å². The summed E-state index contributed by atoms with van der Waals surface area (Å²) in [6.45, 7) is -1.77. The van der Waals surface area contributed by atoms with Crippen molar-refractivity contribution in [1.29, 1.82) is 0 Å². The molecule has 10 N–H and O–H groups in total.